The van der Waals surface area contributed by atoms with Gasteiger partial charge in [0.15, 0.2) is 11.5 Å². The third-order valence-corrected chi connectivity index (χ3v) is 7.51. The zero-order valence-electron chi connectivity index (χ0n) is 17.1. The quantitative estimate of drug-likeness (QED) is 0.864. The van der Waals surface area contributed by atoms with E-state index in [1.54, 1.807) is 0 Å². The maximum absolute atomic E-state index is 13.2. The zero-order chi connectivity index (χ0) is 19.3. The van der Waals surface area contributed by atoms with Gasteiger partial charge in [-0.1, -0.05) is 13.8 Å². The first-order valence-electron chi connectivity index (χ1n) is 11.1. The molecule has 1 N–H and O–H groups in total. The van der Waals surface area contributed by atoms with E-state index in [9.17, 15) is 4.79 Å². The van der Waals surface area contributed by atoms with Crippen LogP contribution in [0.3, 0.4) is 0 Å². The van der Waals surface area contributed by atoms with Crippen LogP contribution in [0.15, 0.2) is 6.07 Å². The average molecular weight is 385 g/mol. The lowest BCUT2D eigenvalue weighted by molar-refractivity contribution is -0.0120. The second-order valence-corrected chi connectivity index (χ2v) is 9.69. The van der Waals surface area contributed by atoms with E-state index in [2.05, 4.69) is 40.3 Å². The van der Waals surface area contributed by atoms with Crippen molar-refractivity contribution >= 4 is 11.7 Å². The standard InChI is InChI=1S/C22H32N4O2/c1-13(2)18-12-19(26-3-5-28-6-4-26)24-25-21(18)22(27)23-20-16-8-14-7-15(10-16)11-17(20)9-14/h12-17,20H,3-11H2,1-2H3,(H,23,27). The van der Waals surface area contributed by atoms with Gasteiger partial charge in [0.25, 0.3) is 5.91 Å². The lowest BCUT2D eigenvalue weighted by Crippen LogP contribution is -2.56. The number of nitrogens with one attached hydrogen (secondary N) is 1. The minimum Gasteiger partial charge on any atom is -0.378 e. The molecule has 4 bridgehead atoms. The number of aromatic nitrogens is 2. The second-order valence-electron chi connectivity index (χ2n) is 9.69. The molecule has 0 aromatic carbocycles. The predicted molar refractivity (Wildman–Crippen MR) is 107 cm³/mol. The molecular formula is C22H32N4O2. The van der Waals surface area contributed by atoms with Crippen molar-refractivity contribution in [1.82, 2.24) is 15.5 Å². The SMILES string of the molecule is CC(C)c1cc(N2CCOCC2)nnc1C(=O)NC1C2CC3CC(C2)CC1C3. The summed E-state index contributed by atoms with van der Waals surface area (Å²) in [4.78, 5) is 15.4. The molecule has 4 aliphatic carbocycles. The molecule has 0 radical (unpaired) electrons. The van der Waals surface area contributed by atoms with E-state index in [-0.39, 0.29) is 11.8 Å². The molecular weight excluding hydrogens is 352 g/mol. The van der Waals surface area contributed by atoms with E-state index in [4.69, 9.17) is 4.74 Å². The van der Waals surface area contributed by atoms with Crippen LogP contribution >= 0.6 is 0 Å². The molecule has 2 heterocycles. The number of carbonyl (C=O) groups is 1. The lowest BCUT2D eigenvalue weighted by atomic mass is 9.54. The van der Waals surface area contributed by atoms with E-state index in [1.807, 2.05) is 0 Å². The van der Waals surface area contributed by atoms with Crippen LogP contribution in [0.5, 0.6) is 0 Å². The third kappa shape index (κ3) is 3.30. The summed E-state index contributed by atoms with van der Waals surface area (Å²) < 4.78 is 5.44. The summed E-state index contributed by atoms with van der Waals surface area (Å²) in [6.07, 6.45) is 6.64. The number of morpholine rings is 1. The van der Waals surface area contributed by atoms with Gasteiger partial charge in [0.2, 0.25) is 0 Å². The minimum atomic E-state index is -0.0257. The largest absolute Gasteiger partial charge is 0.378 e. The number of nitrogens with zero attached hydrogens (tertiary/aromatic N) is 3. The van der Waals surface area contributed by atoms with E-state index in [0.717, 1.165) is 36.3 Å². The molecule has 1 aromatic heterocycles. The molecule has 1 aliphatic heterocycles. The monoisotopic (exact) mass is 384 g/mol. The van der Waals surface area contributed by atoms with E-state index in [0.29, 0.717) is 36.8 Å². The van der Waals surface area contributed by atoms with E-state index < -0.39 is 0 Å². The Balaban J connectivity index is 1.35. The Hall–Kier alpha value is -1.69. The van der Waals surface area contributed by atoms with Crippen molar-refractivity contribution in [2.24, 2.45) is 23.7 Å². The molecule has 1 aromatic rings. The summed E-state index contributed by atoms with van der Waals surface area (Å²) in [6.45, 7) is 7.33. The molecule has 28 heavy (non-hydrogen) atoms. The average Bonchev–Trinajstić information content (AvgIpc) is 2.70. The van der Waals surface area contributed by atoms with Crippen molar-refractivity contribution in [3.8, 4) is 0 Å². The van der Waals surface area contributed by atoms with Crippen molar-refractivity contribution in [1.29, 1.82) is 0 Å². The van der Waals surface area contributed by atoms with Gasteiger partial charge in [-0.05, 0) is 73.3 Å². The molecule has 5 aliphatic rings. The maximum Gasteiger partial charge on any atom is 0.272 e. The Labute approximate surface area is 167 Å². The van der Waals surface area contributed by atoms with Gasteiger partial charge in [-0.2, -0.15) is 0 Å². The van der Waals surface area contributed by atoms with Gasteiger partial charge in [0, 0.05) is 19.1 Å². The zero-order valence-corrected chi connectivity index (χ0v) is 17.1. The van der Waals surface area contributed by atoms with Crippen LogP contribution in [-0.4, -0.2) is 48.4 Å². The molecule has 0 atom stereocenters. The van der Waals surface area contributed by atoms with Crippen molar-refractivity contribution < 1.29 is 9.53 Å². The minimum absolute atomic E-state index is 0.0257. The van der Waals surface area contributed by atoms with Crippen LogP contribution in [0, 0.1) is 23.7 Å². The van der Waals surface area contributed by atoms with Gasteiger partial charge in [-0.3, -0.25) is 4.79 Å². The number of hydrogen-bond acceptors (Lipinski definition) is 5. The highest BCUT2D eigenvalue weighted by Gasteiger charge is 2.48. The summed E-state index contributed by atoms with van der Waals surface area (Å²) in [5.41, 5.74) is 1.51. The molecule has 4 saturated carbocycles. The van der Waals surface area contributed by atoms with Crippen LogP contribution in [0.2, 0.25) is 0 Å². The van der Waals surface area contributed by atoms with Gasteiger partial charge in [-0.15, -0.1) is 10.2 Å². The number of rotatable bonds is 4. The lowest BCUT2D eigenvalue weighted by Gasteiger charge is -2.54. The van der Waals surface area contributed by atoms with Gasteiger partial charge in [0.05, 0.1) is 13.2 Å². The highest BCUT2D eigenvalue weighted by molar-refractivity contribution is 5.94. The molecule has 152 valence electrons. The van der Waals surface area contributed by atoms with Gasteiger partial charge >= 0.3 is 0 Å². The van der Waals surface area contributed by atoms with Crippen LogP contribution < -0.4 is 10.2 Å². The molecule has 6 rings (SSSR count). The van der Waals surface area contributed by atoms with E-state index in [1.165, 1.54) is 32.1 Å². The fourth-order valence-corrected chi connectivity index (χ4v) is 6.34. The molecule has 6 heteroatoms. The summed E-state index contributed by atoms with van der Waals surface area (Å²) in [5.74, 6) is 4.23. The summed E-state index contributed by atoms with van der Waals surface area (Å²) in [7, 11) is 0. The molecule has 0 unspecified atom stereocenters. The molecule has 1 amide bonds. The number of carbonyl (C=O) groups excluding carboxylic acids is 1. The second kappa shape index (κ2) is 7.29. The van der Waals surface area contributed by atoms with Crippen molar-refractivity contribution in [2.75, 3.05) is 31.2 Å². The normalized spacial score (nSPS) is 34.1. The van der Waals surface area contributed by atoms with Crippen LogP contribution in [0.25, 0.3) is 0 Å². The first-order valence-corrected chi connectivity index (χ1v) is 11.1. The number of ether oxygens (including phenoxy) is 1. The first kappa shape index (κ1) is 18.3. The van der Waals surface area contributed by atoms with Gasteiger partial charge in [0.1, 0.15) is 0 Å². The van der Waals surface area contributed by atoms with Crippen LogP contribution in [-0.2, 0) is 4.74 Å². The predicted octanol–water partition coefficient (Wildman–Crippen LogP) is 2.99. The number of hydrogen-bond donors (Lipinski definition) is 1. The van der Waals surface area contributed by atoms with Crippen molar-refractivity contribution in [3.05, 3.63) is 17.3 Å². The van der Waals surface area contributed by atoms with Gasteiger partial charge < -0.3 is 15.0 Å². The smallest absolute Gasteiger partial charge is 0.272 e. The Morgan fingerprint density at radius 2 is 1.71 bits per heavy atom. The molecule has 6 nitrogen and oxygen atoms in total. The molecule has 5 fully saturated rings. The Kier molecular flexibility index (Phi) is 4.77. The maximum atomic E-state index is 13.2. The number of anilines is 1. The fourth-order valence-electron chi connectivity index (χ4n) is 6.34. The topological polar surface area (TPSA) is 67.3 Å². The van der Waals surface area contributed by atoms with Crippen LogP contribution in [0.4, 0.5) is 5.82 Å². The van der Waals surface area contributed by atoms with Crippen LogP contribution in [0.1, 0.15) is 67.9 Å². The third-order valence-electron chi connectivity index (χ3n) is 7.51. The summed E-state index contributed by atoms with van der Waals surface area (Å²) in [5, 5.41) is 12.2. The van der Waals surface area contributed by atoms with Crippen molar-refractivity contribution in [2.45, 2.75) is 57.9 Å². The van der Waals surface area contributed by atoms with Gasteiger partial charge in [-0.25, -0.2) is 0 Å². The molecule has 1 saturated heterocycles. The molecule has 0 spiro atoms. The Morgan fingerprint density at radius 1 is 1.07 bits per heavy atom. The number of amides is 1. The summed E-state index contributed by atoms with van der Waals surface area (Å²) in [6, 6.07) is 2.40. The summed E-state index contributed by atoms with van der Waals surface area (Å²) >= 11 is 0. The Morgan fingerprint density at radius 3 is 2.32 bits per heavy atom. The Bertz CT molecular complexity index is 716. The fraction of sp³-hybridized carbons (Fsp3) is 0.773. The van der Waals surface area contributed by atoms with E-state index >= 15 is 0 Å². The highest BCUT2D eigenvalue weighted by Crippen LogP contribution is 2.53. The van der Waals surface area contributed by atoms with Crippen molar-refractivity contribution in [3.63, 3.8) is 0 Å². The first-order chi connectivity index (χ1) is 13.6. The highest BCUT2D eigenvalue weighted by atomic mass is 16.5.